The Kier molecular flexibility index (Phi) is 2.92. The van der Waals surface area contributed by atoms with Gasteiger partial charge < -0.3 is 16.0 Å². The number of para-hydroxylation sites is 1. The predicted octanol–water partition coefficient (Wildman–Crippen LogP) is 1.56. The molecule has 1 amide bonds. The molecule has 1 unspecified atom stereocenters. The summed E-state index contributed by atoms with van der Waals surface area (Å²) in [6.07, 6.45) is 0.793. The zero-order valence-electron chi connectivity index (χ0n) is 9.03. The standard InChI is InChI=1S/C11H14ClN3O/c1-15-6-5-9(11(15)16)14-8-4-2-3-7(12)10(8)13/h2-4,9,14H,5-6,13H2,1H3. The normalized spacial score (nSPS) is 20.2. The van der Waals surface area contributed by atoms with Crippen LogP contribution in [0, 0.1) is 0 Å². The van der Waals surface area contributed by atoms with Crippen molar-refractivity contribution in [2.45, 2.75) is 12.5 Å². The summed E-state index contributed by atoms with van der Waals surface area (Å²) in [4.78, 5) is 13.4. The van der Waals surface area contributed by atoms with Gasteiger partial charge in [0.25, 0.3) is 0 Å². The third-order valence-electron chi connectivity index (χ3n) is 2.81. The quantitative estimate of drug-likeness (QED) is 0.771. The number of amides is 1. The van der Waals surface area contributed by atoms with Gasteiger partial charge in [0, 0.05) is 13.6 Å². The second-order valence-corrected chi connectivity index (χ2v) is 4.35. The molecule has 1 fully saturated rings. The molecule has 0 aromatic heterocycles. The second kappa shape index (κ2) is 4.22. The largest absolute Gasteiger partial charge is 0.396 e. The maximum atomic E-state index is 11.7. The Bertz CT molecular complexity index is 422. The van der Waals surface area contributed by atoms with Gasteiger partial charge in [-0.25, -0.2) is 0 Å². The molecule has 1 aromatic carbocycles. The Morgan fingerprint density at radius 1 is 1.56 bits per heavy atom. The number of hydrogen-bond donors (Lipinski definition) is 2. The van der Waals surface area contributed by atoms with E-state index in [0.717, 1.165) is 18.7 Å². The number of nitrogens with two attached hydrogens (primary N) is 1. The number of hydrogen-bond acceptors (Lipinski definition) is 3. The summed E-state index contributed by atoms with van der Waals surface area (Å²) in [5, 5.41) is 3.63. The SMILES string of the molecule is CN1CCC(Nc2cccc(Cl)c2N)C1=O. The Morgan fingerprint density at radius 3 is 2.94 bits per heavy atom. The molecule has 4 nitrogen and oxygen atoms in total. The van der Waals surface area contributed by atoms with Crippen molar-refractivity contribution in [1.29, 1.82) is 0 Å². The number of anilines is 2. The molecule has 86 valence electrons. The number of nitrogens with zero attached hydrogens (tertiary/aromatic N) is 1. The highest BCUT2D eigenvalue weighted by atomic mass is 35.5. The molecule has 0 aliphatic carbocycles. The predicted molar refractivity (Wildman–Crippen MR) is 65.5 cm³/mol. The van der Waals surface area contributed by atoms with Crippen LogP contribution in [0.1, 0.15) is 6.42 Å². The zero-order valence-corrected chi connectivity index (χ0v) is 9.79. The van der Waals surface area contributed by atoms with Crippen LogP contribution in [0.25, 0.3) is 0 Å². The van der Waals surface area contributed by atoms with Gasteiger partial charge in [-0.15, -0.1) is 0 Å². The highest BCUT2D eigenvalue weighted by Crippen LogP contribution is 2.28. The van der Waals surface area contributed by atoms with Crippen molar-refractivity contribution in [2.24, 2.45) is 0 Å². The summed E-state index contributed by atoms with van der Waals surface area (Å²) >= 11 is 5.90. The molecule has 0 radical (unpaired) electrons. The molecule has 0 saturated carbocycles. The van der Waals surface area contributed by atoms with Crippen LogP contribution < -0.4 is 11.1 Å². The third kappa shape index (κ3) is 1.93. The van der Waals surface area contributed by atoms with Gasteiger partial charge in [-0.3, -0.25) is 4.79 Å². The van der Waals surface area contributed by atoms with Gasteiger partial charge in [0.05, 0.1) is 16.4 Å². The van der Waals surface area contributed by atoms with Crippen molar-refractivity contribution in [2.75, 3.05) is 24.6 Å². The number of rotatable bonds is 2. The van der Waals surface area contributed by atoms with Crippen LogP contribution in [-0.2, 0) is 4.79 Å². The summed E-state index contributed by atoms with van der Waals surface area (Å²) in [7, 11) is 1.80. The maximum absolute atomic E-state index is 11.7. The molecule has 5 heteroatoms. The average molecular weight is 240 g/mol. The zero-order chi connectivity index (χ0) is 11.7. The van der Waals surface area contributed by atoms with Crippen molar-refractivity contribution >= 4 is 28.9 Å². The van der Waals surface area contributed by atoms with E-state index in [2.05, 4.69) is 5.32 Å². The van der Waals surface area contributed by atoms with Crippen molar-refractivity contribution < 1.29 is 4.79 Å². The van der Waals surface area contributed by atoms with Gasteiger partial charge >= 0.3 is 0 Å². The first-order chi connectivity index (χ1) is 7.59. The molecule has 1 aromatic rings. The molecule has 16 heavy (non-hydrogen) atoms. The summed E-state index contributed by atoms with van der Waals surface area (Å²) in [5.74, 6) is 0.0966. The van der Waals surface area contributed by atoms with Crippen LogP contribution in [0.3, 0.4) is 0 Å². The third-order valence-corrected chi connectivity index (χ3v) is 3.14. The average Bonchev–Trinajstić information content (AvgIpc) is 2.57. The van der Waals surface area contributed by atoms with Crippen molar-refractivity contribution in [3.63, 3.8) is 0 Å². The van der Waals surface area contributed by atoms with E-state index in [0.29, 0.717) is 10.7 Å². The molecule has 0 bridgehead atoms. The Labute approximate surface area is 99.4 Å². The number of likely N-dealkylation sites (tertiary alicyclic amines) is 1. The van der Waals surface area contributed by atoms with E-state index in [9.17, 15) is 4.79 Å². The number of nitrogen functional groups attached to an aromatic ring is 1. The number of carbonyl (C=O) groups is 1. The smallest absolute Gasteiger partial charge is 0.244 e. The Hall–Kier alpha value is -1.42. The van der Waals surface area contributed by atoms with E-state index < -0.39 is 0 Å². The van der Waals surface area contributed by atoms with E-state index in [-0.39, 0.29) is 11.9 Å². The number of likely N-dealkylation sites (N-methyl/N-ethyl adjacent to an activating group) is 1. The fourth-order valence-electron chi connectivity index (χ4n) is 1.81. The second-order valence-electron chi connectivity index (χ2n) is 3.95. The first kappa shape index (κ1) is 11.1. The minimum Gasteiger partial charge on any atom is -0.396 e. The van der Waals surface area contributed by atoms with Gasteiger partial charge in [-0.2, -0.15) is 0 Å². The van der Waals surface area contributed by atoms with Crippen molar-refractivity contribution in [3.05, 3.63) is 23.2 Å². The molecule has 1 aliphatic rings. The summed E-state index contributed by atoms with van der Waals surface area (Å²) in [6.45, 7) is 0.775. The summed E-state index contributed by atoms with van der Waals surface area (Å²) in [5.41, 5.74) is 7.04. The molecular formula is C11H14ClN3O. The molecular weight excluding hydrogens is 226 g/mol. The molecule has 1 atom stereocenters. The number of benzene rings is 1. The molecule has 3 N–H and O–H groups in total. The fraction of sp³-hybridized carbons (Fsp3) is 0.364. The number of nitrogens with one attached hydrogen (secondary N) is 1. The minimum absolute atomic E-state index is 0.0966. The molecule has 1 saturated heterocycles. The summed E-state index contributed by atoms with van der Waals surface area (Å²) in [6, 6.07) is 5.17. The van der Waals surface area contributed by atoms with Crippen molar-refractivity contribution in [3.8, 4) is 0 Å². The Balaban J connectivity index is 2.16. The Morgan fingerprint density at radius 2 is 2.31 bits per heavy atom. The van der Waals surface area contributed by atoms with E-state index in [1.807, 2.05) is 12.1 Å². The lowest BCUT2D eigenvalue weighted by Crippen LogP contribution is -2.31. The lowest BCUT2D eigenvalue weighted by Gasteiger charge is -2.15. The molecule has 2 rings (SSSR count). The summed E-state index contributed by atoms with van der Waals surface area (Å²) < 4.78 is 0. The molecule has 1 heterocycles. The lowest BCUT2D eigenvalue weighted by molar-refractivity contribution is -0.127. The number of carbonyl (C=O) groups excluding carboxylic acids is 1. The topological polar surface area (TPSA) is 58.4 Å². The van der Waals surface area contributed by atoms with Crippen LogP contribution in [-0.4, -0.2) is 30.4 Å². The van der Waals surface area contributed by atoms with Gasteiger partial charge in [-0.1, -0.05) is 17.7 Å². The molecule has 0 spiro atoms. The van der Waals surface area contributed by atoms with Crippen LogP contribution in [0.5, 0.6) is 0 Å². The lowest BCUT2D eigenvalue weighted by atomic mass is 10.2. The first-order valence-corrected chi connectivity index (χ1v) is 5.53. The monoisotopic (exact) mass is 239 g/mol. The van der Waals surface area contributed by atoms with Crippen LogP contribution >= 0.6 is 11.6 Å². The highest BCUT2D eigenvalue weighted by molar-refractivity contribution is 6.33. The highest BCUT2D eigenvalue weighted by Gasteiger charge is 2.29. The van der Waals surface area contributed by atoms with E-state index >= 15 is 0 Å². The van der Waals surface area contributed by atoms with Gasteiger partial charge in [0.1, 0.15) is 6.04 Å². The van der Waals surface area contributed by atoms with Crippen molar-refractivity contribution in [1.82, 2.24) is 4.90 Å². The van der Waals surface area contributed by atoms with Gasteiger partial charge in [0.2, 0.25) is 5.91 Å². The van der Waals surface area contributed by atoms with Gasteiger partial charge in [-0.05, 0) is 18.6 Å². The van der Waals surface area contributed by atoms with Crippen LogP contribution in [0.15, 0.2) is 18.2 Å². The van der Waals surface area contributed by atoms with Gasteiger partial charge in [0.15, 0.2) is 0 Å². The van der Waals surface area contributed by atoms with Crippen LogP contribution in [0.2, 0.25) is 5.02 Å². The van der Waals surface area contributed by atoms with E-state index in [1.54, 1.807) is 18.0 Å². The number of halogens is 1. The van der Waals surface area contributed by atoms with Crippen LogP contribution in [0.4, 0.5) is 11.4 Å². The van der Waals surface area contributed by atoms with E-state index in [4.69, 9.17) is 17.3 Å². The van der Waals surface area contributed by atoms with E-state index in [1.165, 1.54) is 0 Å². The maximum Gasteiger partial charge on any atom is 0.244 e. The fourth-order valence-corrected chi connectivity index (χ4v) is 1.98. The first-order valence-electron chi connectivity index (χ1n) is 5.15. The minimum atomic E-state index is -0.189. The molecule has 1 aliphatic heterocycles.